The number of amides is 2. The first kappa shape index (κ1) is 18.5. The fourth-order valence-corrected chi connectivity index (χ4v) is 3.29. The van der Waals surface area contributed by atoms with Crippen LogP contribution in [0.5, 0.6) is 5.75 Å². The Morgan fingerprint density at radius 1 is 1.10 bits per heavy atom. The van der Waals surface area contributed by atoms with E-state index in [9.17, 15) is 9.59 Å². The second-order valence-corrected chi connectivity index (χ2v) is 6.72. The van der Waals surface area contributed by atoms with E-state index in [1.54, 1.807) is 26.3 Å². The molecule has 0 fully saturated rings. The molecule has 0 radical (unpaired) electrons. The maximum atomic E-state index is 12.6. The summed E-state index contributed by atoms with van der Waals surface area (Å²) in [7, 11) is 1.59. The average molecular weight is 388 g/mol. The minimum atomic E-state index is -0.417. The molecule has 0 saturated heterocycles. The second-order valence-electron chi connectivity index (χ2n) is 6.72. The molecule has 0 aliphatic heterocycles. The summed E-state index contributed by atoms with van der Waals surface area (Å²) in [5.41, 5.74) is 8.48. The Morgan fingerprint density at radius 3 is 2.76 bits per heavy atom. The van der Waals surface area contributed by atoms with Crippen molar-refractivity contribution in [3.8, 4) is 5.75 Å². The molecular formula is C22H20N4O3. The van der Waals surface area contributed by atoms with Gasteiger partial charge in [0.2, 0.25) is 5.91 Å². The normalized spacial score (nSPS) is 10.8. The van der Waals surface area contributed by atoms with Crippen LogP contribution in [0.25, 0.3) is 21.8 Å². The highest BCUT2D eigenvalue weighted by atomic mass is 16.5. The SMILES string of the molecule is COc1ccc2cc(C(=O)NNC(=O)Cc3c[nH]c4ccccc34)c(C)nc2c1. The van der Waals surface area contributed by atoms with Crippen molar-refractivity contribution >= 4 is 33.6 Å². The molecule has 0 unspecified atom stereocenters. The molecular weight excluding hydrogens is 368 g/mol. The van der Waals surface area contributed by atoms with Crippen molar-refractivity contribution in [2.24, 2.45) is 0 Å². The standard InChI is InChI=1S/C22H20N4O3/c1-13-18(9-14-7-8-16(29-2)11-20(14)24-13)22(28)26-25-21(27)10-15-12-23-19-6-4-3-5-17(15)19/h3-9,11-12,23H,10H2,1-2H3,(H,25,27)(H,26,28). The second kappa shape index (κ2) is 7.63. The number of para-hydroxylation sites is 1. The van der Waals surface area contributed by atoms with Gasteiger partial charge in [0.15, 0.2) is 0 Å². The zero-order chi connectivity index (χ0) is 20.4. The monoisotopic (exact) mass is 388 g/mol. The summed E-state index contributed by atoms with van der Waals surface area (Å²) in [6.45, 7) is 1.75. The van der Waals surface area contributed by atoms with Crippen molar-refractivity contribution in [1.82, 2.24) is 20.8 Å². The van der Waals surface area contributed by atoms with Gasteiger partial charge in [0, 0.05) is 28.6 Å². The van der Waals surface area contributed by atoms with Crippen LogP contribution in [-0.2, 0) is 11.2 Å². The average Bonchev–Trinajstić information content (AvgIpc) is 3.14. The topological polar surface area (TPSA) is 96.1 Å². The lowest BCUT2D eigenvalue weighted by atomic mass is 10.1. The third-order valence-electron chi connectivity index (χ3n) is 4.80. The van der Waals surface area contributed by atoms with Gasteiger partial charge in [-0.3, -0.25) is 25.4 Å². The van der Waals surface area contributed by atoms with Crippen LogP contribution < -0.4 is 15.6 Å². The number of benzene rings is 2. The Morgan fingerprint density at radius 2 is 1.93 bits per heavy atom. The Kier molecular flexibility index (Phi) is 4.87. The van der Waals surface area contributed by atoms with Gasteiger partial charge >= 0.3 is 0 Å². The maximum absolute atomic E-state index is 12.6. The van der Waals surface area contributed by atoms with Crippen LogP contribution >= 0.6 is 0 Å². The molecule has 3 N–H and O–H groups in total. The highest BCUT2D eigenvalue weighted by Crippen LogP contribution is 2.22. The van der Waals surface area contributed by atoms with Crippen LogP contribution in [0.1, 0.15) is 21.6 Å². The number of rotatable bonds is 4. The van der Waals surface area contributed by atoms with Crippen LogP contribution in [0.4, 0.5) is 0 Å². The Bertz CT molecular complexity index is 1230. The van der Waals surface area contributed by atoms with Crippen LogP contribution in [0.15, 0.2) is 54.7 Å². The summed E-state index contributed by atoms with van der Waals surface area (Å²) in [6, 6.07) is 15.0. The molecule has 4 rings (SSSR count). The number of aromatic nitrogens is 2. The molecule has 0 aliphatic carbocycles. The molecule has 0 aliphatic rings. The number of hydrogen-bond donors (Lipinski definition) is 3. The van der Waals surface area contributed by atoms with Crippen molar-refractivity contribution in [3.63, 3.8) is 0 Å². The number of pyridine rings is 1. The molecule has 146 valence electrons. The lowest BCUT2D eigenvalue weighted by molar-refractivity contribution is -0.121. The van der Waals surface area contributed by atoms with Gasteiger partial charge < -0.3 is 9.72 Å². The minimum Gasteiger partial charge on any atom is -0.497 e. The van der Waals surface area contributed by atoms with E-state index in [2.05, 4.69) is 20.8 Å². The van der Waals surface area contributed by atoms with Crippen LogP contribution in [0.2, 0.25) is 0 Å². The van der Waals surface area contributed by atoms with E-state index in [4.69, 9.17) is 4.74 Å². The lowest BCUT2D eigenvalue weighted by Gasteiger charge is -2.10. The molecule has 0 atom stereocenters. The number of H-pyrrole nitrogens is 1. The van der Waals surface area contributed by atoms with E-state index in [1.165, 1.54) is 0 Å². The smallest absolute Gasteiger partial charge is 0.271 e. The zero-order valence-corrected chi connectivity index (χ0v) is 16.1. The number of aromatic amines is 1. The Balaban J connectivity index is 1.45. The van der Waals surface area contributed by atoms with Gasteiger partial charge in [-0.25, -0.2) is 0 Å². The fourth-order valence-electron chi connectivity index (χ4n) is 3.29. The van der Waals surface area contributed by atoms with Gasteiger partial charge in [-0.05, 0) is 36.8 Å². The molecule has 2 aromatic heterocycles. The highest BCUT2D eigenvalue weighted by Gasteiger charge is 2.14. The predicted octanol–water partition coefficient (Wildman–Crippen LogP) is 3.04. The Hall–Kier alpha value is -3.87. The van der Waals surface area contributed by atoms with Crippen molar-refractivity contribution in [3.05, 3.63) is 71.5 Å². The molecule has 7 nitrogen and oxygen atoms in total. The molecule has 2 heterocycles. The van der Waals surface area contributed by atoms with Crippen LogP contribution in [0, 0.1) is 6.92 Å². The number of carbonyl (C=O) groups excluding carboxylic acids is 2. The fraction of sp³-hybridized carbons (Fsp3) is 0.136. The number of fused-ring (bicyclic) bond motifs is 2. The number of carbonyl (C=O) groups is 2. The number of hydrogen-bond acceptors (Lipinski definition) is 4. The summed E-state index contributed by atoms with van der Waals surface area (Å²) in [4.78, 5) is 32.4. The zero-order valence-electron chi connectivity index (χ0n) is 16.1. The largest absolute Gasteiger partial charge is 0.497 e. The van der Waals surface area contributed by atoms with Crippen molar-refractivity contribution in [2.45, 2.75) is 13.3 Å². The van der Waals surface area contributed by atoms with Gasteiger partial charge in [-0.15, -0.1) is 0 Å². The van der Waals surface area contributed by atoms with Crippen LogP contribution in [-0.4, -0.2) is 28.9 Å². The highest BCUT2D eigenvalue weighted by molar-refractivity contribution is 5.99. The minimum absolute atomic E-state index is 0.152. The summed E-state index contributed by atoms with van der Waals surface area (Å²) in [5, 5.41) is 1.80. The Labute approximate surface area is 167 Å². The quantitative estimate of drug-likeness (QED) is 0.468. The number of nitrogens with one attached hydrogen (secondary N) is 3. The number of methoxy groups -OCH3 is 1. The number of aryl methyl sites for hydroxylation is 1. The number of hydrazine groups is 1. The molecule has 0 saturated carbocycles. The first-order valence-corrected chi connectivity index (χ1v) is 9.15. The first-order chi connectivity index (χ1) is 14.0. The number of nitrogens with zero attached hydrogens (tertiary/aromatic N) is 1. The van der Waals surface area contributed by atoms with Crippen LogP contribution in [0.3, 0.4) is 0 Å². The summed E-state index contributed by atoms with van der Waals surface area (Å²) < 4.78 is 5.21. The lowest BCUT2D eigenvalue weighted by Crippen LogP contribution is -2.42. The summed E-state index contributed by atoms with van der Waals surface area (Å²) >= 11 is 0. The first-order valence-electron chi connectivity index (χ1n) is 9.15. The van der Waals surface area contributed by atoms with Gasteiger partial charge in [0.05, 0.1) is 30.3 Å². The molecule has 0 spiro atoms. The maximum Gasteiger partial charge on any atom is 0.271 e. The van der Waals surface area contributed by atoms with E-state index < -0.39 is 5.91 Å². The van der Waals surface area contributed by atoms with Gasteiger partial charge in [0.25, 0.3) is 5.91 Å². The predicted molar refractivity (Wildman–Crippen MR) is 111 cm³/mol. The van der Waals surface area contributed by atoms with E-state index in [0.29, 0.717) is 17.0 Å². The molecule has 2 aromatic carbocycles. The van der Waals surface area contributed by atoms with E-state index >= 15 is 0 Å². The number of ether oxygens (including phenoxy) is 1. The van der Waals surface area contributed by atoms with E-state index in [0.717, 1.165) is 27.4 Å². The van der Waals surface area contributed by atoms with Crippen molar-refractivity contribution < 1.29 is 14.3 Å². The molecule has 0 bridgehead atoms. The third kappa shape index (κ3) is 3.75. The van der Waals surface area contributed by atoms with E-state index in [-0.39, 0.29) is 12.3 Å². The molecule has 2 amide bonds. The summed E-state index contributed by atoms with van der Waals surface area (Å²) in [6.07, 6.45) is 1.96. The van der Waals surface area contributed by atoms with Crippen molar-refractivity contribution in [1.29, 1.82) is 0 Å². The third-order valence-corrected chi connectivity index (χ3v) is 4.80. The van der Waals surface area contributed by atoms with E-state index in [1.807, 2.05) is 42.5 Å². The molecule has 29 heavy (non-hydrogen) atoms. The molecule has 4 aromatic rings. The van der Waals surface area contributed by atoms with Gasteiger partial charge in [-0.2, -0.15) is 0 Å². The van der Waals surface area contributed by atoms with Crippen molar-refractivity contribution in [2.75, 3.05) is 7.11 Å². The summed E-state index contributed by atoms with van der Waals surface area (Å²) in [5.74, 6) is -0.0228. The van der Waals surface area contributed by atoms with Gasteiger partial charge in [-0.1, -0.05) is 18.2 Å². The molecule has 7 heteroatoms. The van der Waals surface area contributed by atoms with Gasteiger partial charge in [0.1, 0.15) is 5.75 Å².